The number of amides is 1. The van der Waals surface area contributed by atoms with Gasteiger partial charge in [0.25, 0.3) is 5.69 Å². The summed E-state index contributed by atoms with van der Waals surface area (Å²) in [7, 11) is 0. The van der Waals surface area contributed by atoms with Crippen molar-refractivity contribution in [2.45, 2.75) is 19.9 Å². The van der Waals surface area contributed by atoms with Crippen molar-refractivity contribution in [2.24, 2.45) is 0 Å². The van der Waals surface area contributed by atoms with E-state index in [1.54, 1.807) is 6.92 Å². The molecule has 1 unspecified atom stereocenters. The van der Waals surface area contributed by atoms with Gasteiger partial charge in [0.1, 0.15) is 18.4 Å². The number of nitro groups is 2. The maximum absolute atomic E-state index is 12.2. The Balaban J connectivity index is 2.14. The Morgan fingerprint density at radius 3 is 2.43 bits per heavy atom. The number of benzene rings is 1. The number of carbonyl (C=O) groups excluding carboxylic acids is 1. The van der Waals surface area contributed by atoms with E-state index in [9.17, 15) is 25.0 Å². The Morgan fingerprint density at radius 1 is 1.26 bits per heavy atom. The molecule has 0 aliphatic heterocycles. The summed E-state index contributed by atoms with van der Waals surface area (Å²) in [6, 6.07) is 3.28. The van der Waals surface area contributed by atoms with Crippen molar-refractivity contribution >= 4 is 23.0 Å². The van der Waals surface area contributed by atoms with Crippen LogP contribution in [0.3, 0.4) is 0 Å². The lowest BCUT2D eigenvalue weighted by Crippen LogP contribution is -2.24. The van der Waals surface area contributed by atoms with Crippen LogP contribution in [0.2, 0.25) is 0 Å². The smallest absolute Gasteiger partial charge is 0.307 e. The monoisotopic (exact) mass is 319 g/mol. The highest BCUT2D eigenvalue weighted by Gasteiger charge is 2.20. The third-order valence-corrected chi connectivity index (χ3v) is 3.25. The highest BCUT2D eigenvalue weighted by atomic mass is 16.6. The highest BCUT2D eigenvalue weighted by Crippen LogP contribution is 2.22. The van der Waals surface area contributed by atoms with Crippen LogP contribution in [0.5, 0.6) is 0 Å². The molecule has 1 heterocycles. The second-order valence-corrected chi connectivity index (χ2v) is 4.86. The van der Waals surface area contributed by atoms with Crippen LogP contribution in [0.25, 0.3) is 0 Å². The zero-order valence-electron chi connectivity index (χ0n) is 12.3. The summed E-state index contributed by atoms with van der Waals surface area (Å²) in [4.78, 5) is 32.4. The first kappa shape index (κ1) is 16.1. The van der Waals surface area contributed by atoms with Gasteiger partial charge >= 0.3 is 5.69 Å². The molecule has 2 rings (SSSR count). The molecule has 0 saturated heterocycles. The molecule has 0 aliphatic carbocycles. The average Bonchev–Trinajstić information content (AvgIpc) is 2.98. The summed E-state index contributed by atoms with van der Waals surface area (Å²) in [5.74, 6) is -0.444. The largest absolute Gasteiger partial charge is 0.324 e. The zero-order valence-corrected chi connectivity index (χ0v) is 12.3. The second kappa shape index (κ2) is 6.22. The number of nitrogens with zero attached hydrogens (tertiary/aromatic N) is 4. The number of non-ortho nitro benzene ring substituents is 1. The van der Waals surface area contributed by atoms with Crippen LogP contribution in [-0.2, 0) is 4.79 Å². The third kappa shape index (κ3) is 3.48. The lowest BCUT2D eigenvalue weighted by Gasteiger charge is -2.13. The summed E-state index contributed by atoms with van der Waals surface area (Å²) in [5, 5.41) is 27.7. The van der Waals surface area contributed by atoms with Crippen LogP contribution in [0.1, 0.15) is 18.5 Å². The van der Waals surface area contributed by atoms with Gasteiger partial charge in [-0.1, -0.05) is 0 Å². The van der Waals surface area contributed by atoms with Gasteiger partial charge in [-0.3, -0.25) is 29.7 Å². The molecular weight excluding hydrogens is 306 g/mol. The minimum absolute atomic E-state index is 0.0729. The SMILES string of the molecule is Cc1cc([N+](=O)[O-])ccc1NC(=O)C(C)n1cc([N+](=O)[O-])cn1. The molecule has 1 atom stereocenters. The Morgan fingerprint density at radius 2 is 1.91 bits per heavy atom. The van der Waals surface area contributed by atoms with Crippen LogP contribution < -0.4 is 5.32 Å². The van der Waals surface area contributed by atoms with E-state index in [0.29, 0.717) is 11.3 Å². The first-order valence-corrected chi connectivity index (χ1v) is 6.54. The molecule has 23 heavy (non-hydrogen) atoms. The number of aromatic nitrogens is 2. The fraction of sp³-hybridized carbons (Fsp3) is 0.231. The minimum Gasteiger partial charge on any atom is -0.324 e. The number of nitro benzene ring substituents is 1. The Labute approximate surface area is 130 Å². The van der Waals surface area contributed by atoms with E-state index >= 15 is 0 Å². The predicted molar refractivity (Wildman–Crippen MR) is 80.1 cm³/mol. The fourth-order valence-electron chi connectivity index (χ4n) is 1.89. The van der Waals surface area contributed by atoms with Gasteiger partial charge in [0, 0.05) is 17.8 Å². The molecule has 0 aliphatic rings. The Bertz CT molecular complexity index is 785. The van der Waals surface area contributed by atoms with Crippen LogP contribution in [0.15, 0.2) is 30.6 Å². The summed E-state index contributed by atoms with van der Waals surface area (Å²) in [5.41, 5.74) is 0.674. The number of hydrogen-bond donors (Lipinski definition) is 1. The maximum atomic E-state index is 12.2. The topological polar surface area (TPSA) is 133 Å². The van der Waals surface area contributed by atoms with Crippen LogP contribution in [0.4, 0.5) is 17.1 Å². The van der Waals surface area contributed by atoms with E-state index in [2.05, 4.69) is 10.4 Å². The lowest BCUT2D eigenvalue weighted by atomic mass is 10.1. The van der Waals surface area contributed by atoms with Gasteiger partial charge < -0.3 is 5.32 Å². The predicted octanol–water partition coefficient (Wildman–Crippen LogP) is 2.21. The van der Waals surface area contributed by atoms with Crippen LogP contribution >= 0.6 is 0 Å². The van der Waals surface area contributed by atoms with Crippen molar-refractivity contribution in [2.75, 3.05) is 5.32 Å². The molecule has 0 saturated carbocycles. The summed E-state index contributed by atoms with van der Waals surface area (Å²) in [6.07, 6.45) is 2.22. The van der Waals surface area contributed by atoms with Gasteiger partial charge in [0.2, 0.25) is 5.91 Å². The van der Waals surface area contributed by atoms with Crippen LogP contribution in [-0.4, -0.2) is 25.5 Å². The highest BCUT2D eigenvalue weighted by molar-refractivity contribution is 5.94. The number of carbonyl (C=O) groups is 1. The average molecular weight is 319 g/mol. The number of hydrogen-bond acceptors (Lipinski definition) is 6. The number of anilines is 1. The standard InChI is InChI=1S/C13H13N5O5/c1-8-5-10(17(20)21)3-4-12(8)15-13(19)9(2)16-7-11(6-14-16)18(22)23/h3-7,9H,1-2H3,(H,15,19). The van der Waals surface area contributed by atoms with E-state index in [-0.39, 0.29) is 11.4 Å². The van der Waals surface area contributed by atoms with Crippen molar-refractivity contribution in [3.63, 3.8) is 0 Å². The maximum Gasteiger partial charge on any atom is 0.307 e. The molecule has 1 N–H and O–H groups in total. The molecule has 2 aromatic rings. The molecule has 1 amide bonds. The number of rotatable bonds is 5. The van der Waals surface area contributed by atoms with Crippen molar-refractivity contribution < 1.29 is 14.6 Å². The first-order chi connectivity index (χ1) is 10.8. The molecule has 10 heteroatoms. The Kier molecular flexibility index (Phi) is 4.35. The zero-order chi connectivity index (χ0) is 17.1. The number of aryl methyl sites for hydroxylation is 1. The molecule has 10 nitrogen and oxygen atoms in total. The molecule has 1 aromatic heterocycles. The van der Waals surface area contributed by atoms with Gasteiger partial charge in [-0.25, -0.2) is 0 Å². The fourth-order valence-corrected chi connectivity index (χ4v) is 1.89. The molecule has 0 radical (unpaired) electrons. The Hall–Kier alpha value is -3.30. The van der Waals surface area contributed by atoms with Gasteiger partial charge in [-0.2, -0.15) is 5.10 Å². The first-order valence-electron chi connectivity index (χ1n) is 6.54. The molecule has 0 bridgehead atoms. The van der Waals surface area contributed by atoms with Crippen molar-refractivity contribution in [1.29, 1.82) is 0 Å². The van der Waals surface area contributed by atoms with Crippen molar-refractivity contribution in [3.8, 4) is 0 Å². The summed E-state index contributed by atoms with van der Waals surface area (Å²) < 4.78 is 1.17. The molecule has 120 valence electrons. The van der Waals surface area contributed by atoms with E-state index < -0.39 is 21.8 Å². The summed E-state index contributed by atoms with van der Waals surface area (Å²) in [6.45, 7) is 3.17. The van der Waals surface area contributed by atoms with Crippen molar-refractivity contribution in [3.05, 3.63) is 56.4 Å². The van der Waals surface area contributed by atoms with Gasteiger partial charge in [-0.15, -0.1) is 0 Å². The van der Waals surface area contributed by atoms with Gasteiger partial charge in [0.05, 0.1) is 9.85 Å². The van der Waals surface area contributed by atoms with E-state index in [1.165, 1.54) is 29.8 Å². The van der Waals surface area contributed by atoms with E-state index in [1.807, 2.05) is 0 Å². The second-order valence-electron chi connectivity index (χ2n) is 4.86. The van der Waals surface area contributed by atoms with Gasteiger partial charge in [-0.05, 0) is 25.5 Å². The minimum atomic E-state index is -0.779. The molecular formula is C13H13N5O5. The normalized spacial score (nSPS) is 11.7. The number of nitrogens with one attached hydrogen (secondary N) is 1. The molecule has 0 spiro atoms. The lowest BCUT2D eigenvalue weighted by molar-refractivity contribution is -0.385. The molecule has 1 aromatic carbocycles. The summed E-state index contributed by atoms with van der Waals surface area (Å²) >= 11 is 0. The van der Waals surface area contributed by atoms with Crippen molar-refractivity contribution in [1.82, 2.24) is 9.78 Å². The van der Waals surface area contributed by atoms with E-state index in [4.69, 9.17) is 0 Å². The van der Waals surface area contributed by atoms with Gasteiger partial charge in [0.15, 0.2) is 0 Å². The quantitative estimate of drug-likeness (QED) is 0.663. The van der Waals surface area contributed by atoms with E-state index in [0.717, 1.165) is 12.4 Å². The molecule has 0 fully saturated rings. The third-order valence-electron chi connectivity index (χ3n) is 3.25. The van der Waals surface area contributed by atoms with Crippen LogP contribution in [0, 0.1) is 27.2 Å².